The summed E-state index contributed by atoms with van der Waals surface area (Å²) in [5, 5.41) is 3.01. The zero-order chi connectivity index (χ0) is 22.2. The van der Waals surface area contributed by atoms with Crippen molar-refractivity contribution in [2.45, 2.75) is 25.2 Å². The summed E-state index contributed by atoms with van der Waals surface area (Å²) in [5.74, 6) is -1.94. The summed E-state index contributed by atoms with van der Waals surface area (Å²) in [6.07, 6.45) is 0.534. The van der Waals surface area contributed by atoms with Crippen LogP contribution in [0, 0.1) is 11.6 Å². The molecule has 9 heteroatoms. The summed E-state index contributed by atoms with van der Waals surface area (Å²) in [4.78, 5) is 3.77. The Kier molecular flexibility index (Phi) is 5.53. The number of hydrogen-bond donors (Lipinski definition) is 1. The minimum Gasteiger partial charge on any atom is -0.497 e. The van der Waals surface area contributed by atoms with E-state index in [0.29, 0.717) is 23.4 Å². The summed E-state index contributed by atoms with van der Waals surface area (Å²) in [5.41, 5.74) is 0.690. The molecule has 1 heterocycles. The van der Waals surface area contributed by atoms with Gasteiger partial charge in [-0.3, -0.25) is 4.57 Å². The number of rotatable bonds is 5. The molecule has 1 unspecified atom stereocenters. The topological polar surface area (TPSA) is 39.1 Å². The number of aromatic nitrogens is 2. The molecule has 0 aliphatic heterocycles. The lowest BCUT2D eigenvalue weighted by Crippen LogP contribution is -2.28. The molecule has 0 saturated heterocycles. The molecule has 0 fully saturated rings. The van der Waals surface area contributed by atoms with E-state index in [1.807, 2.05) is 0 Å². The molecule has 3 aromatic rings. The van der Waals surface area contributed by atoms with Crippen molar-refractivity contribution in [1.82, 2.24) is 14.9 Å². The highest BCUT2D eigenvalue weighted by molar-refractivity contribution is 5.83. The first-order chi connectivity index (χ1) is 14.8. The molecule has 1 aliphatic rings. The molecule has 0 spiro atoms. The second kappa shape index (κ2) is 8.14. The van der Waals surface area contributed by atoms with Crippen molar-refractivity contribution in [3.8, 4) is 5.75 Å². The van der Waals surface area contributed by atoms with E-state index >= 15 is 0 Å². The van der Waals surface area contributed by atoms with E-state index in [4.69, 9.17) is 4.74 Å². The molecular formula is C22H18F5N3O. The van der Waals surface area contributed by atoms with Crippen LogP contribution in [0.1, 0.15) is 17.8 Å². The predicted octanol–water partition coefficient (Wildman–Crippen LogP) is 5.30. The van der Waals surface area contributed by atoms with Crippen LogP contribution in [0.4, 0.5) is 22.0 Å². The van der Waals surface area contributed by atoms with Gasteiger partial charge in [-0.25, -0.2) is 13.8 Å². The van der Waals surface area contributed by atoms with E-state index in [0.717, 1.165) is 4.57 Å². The highest BCUT2D eigenvalue weighted by Gasteiger charge is 2.38. The highest BCUT2D eigenvalue weighted by atomic mass is 19.4. The van der Waals surface area contributed by atoms with Gasteiger partial charge in [0.25, 0.3) is 0 Å². The van der Waals surface area contributed by atoms with Crippen molar-refractivity contribution in [2.24, 2.45) is 0 Å². The zero-order valence-electron chi connectivity index (χ0n) is 16.4. The molecule has 0 amide bonds. The molecule has 0 radical (unpaired) electrons. The number of allylic oxidation sites excluding steroid dienone is 2. The van der Waals surface area contributed by atoms with Crippen molar-refractivity contribution in [1.29, 1.82) is 0 Å². The molecule has 1 N–H and O–H groups in total. The number of benzene rings is 2. The first-order valence-corrected chi connectivity index (χ1v) is 9.46. The average Bonchev–Trinajstić information content (AvgIpc) is 3.13. The monoisotopic (exact) mass is 435 g/mol. The van der Waals surface area contributed by atoms with Crippen LogP contribution < -0.4 is 10.1 Å². The Morgan fingerprint density at radius 3 is 2.52 bits per heavy atom. The highest BCUT2D eigenvalue weighted by Crippen LogP contribution is 2.35. The van der Waals surface area contributed by atoms with Gasteiger partial charge >= 0.3 is 6.18 Å². The third-order valence-corrected chi connectivity index (χ3v) is 5.06. The van der Waals surface area contributed by atoms with E-state index in [2.05, 4.69) is 10.3 Å². The van der Waals surface area contributed by atoms with E-state index < -0.39 is 23.6 Å². The van der Waals surface area contributed by atoms with Gasteiger partial charge in [0, 0.05) is 29.9 Å². The molecule has 1 aromatic heterocycles. The number of nitrogens with zero attached hydrogens (tertiary/aromatic N) is 2. The van der Waals surface area contributed by atoms with Crippen molar-refractivity contribution in [3.05, 3.63) is 77.6 Å². The minimum absolute atomic E-state index is 0.0434. The Labute approximate surface area is 174 Å². The van der Waals surface area contributed by atoms with Gasteiger partial charge in [0.2, 0.25) is 5.82 Å². The molecule has 4 nitrogen and oxygen atoms in total. The third kappa shape index (κ3) is 4.18. The van der Waals surface area contributed by atoms with Crippen molar-refractivity contribution in [3.63, 3.8) is 0 Å². The fourth-order valence-corrected chi connectivity index (χ4v) is 3.50. The maximum Gasteiger partial charge on any atom is 0.450 e. The van der Waals surface area contributed by atoms with Crippen LogP contribution in [0.15, 0.2) is 54.6 Å². The van der Waals surface area contributed by atoms with Gasteiger partial charge in [-0.2, -0.15) is 13.2 Å². The second-order valence-corrected chi connectivity index (χ2v) is 7.03. The molecule has 1 aliphatic carbocycles. The van der Waals surface area contributed by atoms with Gasteiger partial charge in [-0.05, 0) is 36.8 Å². The van der Waals surface area contributed by atoms with Crippen LogP contribution in [-0.2, 0) is 12.7 Å². The number of alkyl halides is 3. The fraction of sp³-hybridized carbons (Fsp3) is 0.227. The summed E-state index contributed by atoms with van der Waals surface area (Å²) in [6.45, 7) is -0.0434. The van der Waals surface area contributed by atoms with Crippen molar-refractivity contribution >= 4 is 16.7 Å². The van der Waals surface area contributed by atoms with Gasteiger partial charge in [-0.15, -0.1) is 0 Å². The van der Waals surface area contributed by atoms with Gasteiger partial charge in [0.15, 0.2) is 0 Å². The molecule has 31 heavy (non-hydrogen) atoms. The first-order valence-electron chi connectivity index (χ1n) is 9.46. The number of fused-ring (bicyclic) bond motifs is 1. The van der Waals surface area contributed by atoms with E-state index in [9.17, 15) is 22.0 Å². The average molecular weight is 435 g/mol. The van der Waals surface area contributed by atoms with E-state index in [1.54, 1.807) is 24.3 Å². The van der Waals surface area contributed by atoms with Gasteiger partial charge in [0.1, 0.15) is 17.4 Å². The van der Waals surface area contributed by atoms with Crippen molar-refractivity contribution in [2.75, 3.05) is 7.11 Å². The summed E-state index contributed by atoms with van der Waals surface area (Å²) in [6, 6.07) is 7.89. The first kappa shape index (κ1) is 21.0. The Hall–Kier alpha value is -3.20. The SMILES string of the molecule is COc1ccc2c(c1)nc(C(F)(F)F)n2C1=CCC(NCc2c(F)cccc2F)C=C1. The number of nitrogens with one attached hydrogen (secondary N) is 1. The second-order valence-electron chi connectivity index (χ2n) is 7.03. The quantitative estimate of drug-likeness (QED) is 0.553. The van der Waals surface area contributed by atoms with Gasteiger partial charge < -0.3 is 10.1 Å². The summed E-state index contributed by atoms with van der Waals surface area (Å²) < 4.78 is 74.6. The number of methoxy groups -OCH3 is 1. The predicted molar refractivity (Wildman–Crippen MR) is 106 cm³/mol. The van der Waals surface area contributed by atoms with Crippen LogP contribution in [0.3, 0.4) is 0 Å². The smallest absolute Gasteiger partial charge is 0.450 e. The number of imidazole rings is 1. The van der Waals surface area contributed by atoms with Crippen LogP contribution >= 0.6 is 0 Å². The van der Waals surface area contributed by atoms with E-state index in [-0.39, 0.29) is 23.7 Å². The Morgan fingerprint density at radius 2 is 1.90 bits per heavy atom. The van der Waals surface area contributed by atoms with Crippen LogP contribution in [0.25, 0.3) is 16.7 Å². The Balaban J connectivity index is 1.59. The van der Waals surface area contributed by atoms with Crippen molar-refractivity contribution < 1.29 is 26.7 Å². The van der Waals surface area contributed by atoms with Crippen LogP contribution in [-0.4, -0.2) is 22.7 Å². The number of hydrogen-bond acceptors (Lipinski definition) is 3. The molecule has 0 bridgehead atoms. The lowest BCUT2D eigenvalue weighted by Gasteiger charge is -2.20. The molecular weight excluding hydrogens is 417 g/mol. The lowest BCUT2D eigenvalue weighted by atomic mass is 10.1. The summed E-state index contributed by atoms with van der Waals surface area (Å²) >= 11 is 0. The molecule has 0 saturated carbocycles. The normalized spacial score (nSPS) is 16.6. The minimum atomic E-state index is -4.65. The number of ether oxygens (including phenoxy) is 1. The molecule has 2 aromatic carbocycles. The van der Waals surface area contributed by atoms with Crippen LogP contribution in [0.5, 0.6) is 5.75 Å². The molecule has 162 valence electrons. The standard InChI is InChI=1S/C22H18F5N3O/c1-31-15-9-10-20-19(11-15)29-21(22(25,26)27)30(20)14-7-5-13(6-8-14)28-12-16-17(23)3-2-4-18(16)24/h2-5,7-11,13,28H,6,12H2,1H3. The summed E-state index contributed by atoms with van der Waals surface area (Å²) in [7, 11) is 1.43. The number of halogens is 5. The van der Waals surface area contributed by atoms with Crippen LogP contribution in [0.2, 0.25) is 0 Å². The molecule has 4 rings (SSSR count). The Morgan fingerprint density at radius 1 is 1.16 bits per heavy atom. The largest absolute Gasteiger partial charge is 0.497 e. The maximum atomic E-state index is 13.8. The van der Waals surface area contributed by atoms with E-state index in [1.165, 1.54) is 37.4 Å². The maximum absolute atomic E-state index is 13.8. The fourth-order valence-electron chi connectivity index (χ4n) is 3.50. The zero-order valence-corrected chi connectivity index (χ0v) is 16.4. The van der Waals surface area contributed by atoms with Gasteiger partial charge in [0.05, 0.1) is 18.1 Å². The molecule has 1 atom stereocenters. The lowest BCUT2D eigenvalue weighted by molar-refractivity contribution is -0.145. The Bertz CT molecular complexity index is 1160. The van der Waals surface area contributed by atoms with Gasteiger partial charge in [-0.1, -0.05) is 18.2 Å². The third-order valence-electron chi connectivity index (χ3n) is 5.06.